The van der Waals surface area contributed by atoms with Crippen molar-refractivity contribution in [3.05, 3.63) is 54.7 Å². The first-order valence-electron chi connectivity index (χ1n) is 7.71. The summed E-state index contributed by atoms with van der Waals surface area (Å²) in [5.41, 5.74) is 1.90. The second-order valence-electron chi connectivity index (χ2n) is 5.11. The zero-order valence-corrected chi connectivity index (χ0v) is 14.2. The van der Waals surface area contributed by atoms with E-state index in [2.05, 4.69) is 30.2 Å². The maximum Gasteiger partial charge on any atom is 0.222 e. The lowest BCUT2D eigenvalue weighted by Gasteiger charge is -2.06. The molecule has 0 saturated carbocycles. The highest BCUT2D eigenvalue weighted by molar-refractivity contribution is 7.99. The smallest absolute Gasteiger partial charge is 0.222 e. The Hall–Kier alpha value is -2.54. The molecule has 0 bridgehead atoms. The summed E-state index contributed by atoms with van der Waals surface area (Å²) in [5.74, 6) is 2.35. The Morgan fingerprint density at radius 3 is 2.75 bits per heavy atom. The van der Waals surface area contributed by atoms with Crippen molar-refractivity contribution in [2.75, 3.05) is 17.6 Å². The topological polar surface area (TPSA) is 76.5 Å². The summed E-state index contributed by atoms with van der Waals surface area (Å²) in [5, 5.41) is 4.19. The van der Waals surface area contributed by atoms with Gasteiger partial charge in [-0.2, -0.15) is 0 Å². The van der Waals surface area contributed by atoms with E-state index in [4.69, 9.17) is 0 Å². The van der Waals surface area contributed by atoms with Gasteiger partial charge in [-0.05, 0) is 37.6 Å². The van der Waals surface area contributed by atoms with Crippen LogP contribution in [0.2, 0.25) is 0 Å². The summed E-state index contributed by atoms with van der Waals surface area (Å²) in [7, 11) is 0. The third-order valence-electron chi connectivity index (χ3n) is 3.17. The molecule has 6 nitrogen and oxygen atoms in total. The van der Waals surface area contributed by atoms with Gasteiger partial charge in [-0.25, -0.2) is 19.9 Å². The van der Waals surface area contributed by atoms with E-state index in [0.717, 1.165) is 40.8 Å². The fourth-order valence-electron chi connectivity index (χ4n) is 2.08. The van der Waals surface area contributed by atoms with Gasteiger partial charge < -0.3 is 5.32 Å². The van der Waals surface area contributed by atoms with Crippen LogP contribution in [0.4, 0.5) is 5.95 Å². The molecular formula is C17H18N6S. The quantitative estimate of drug-likeness (QED) is 0.402. The first-order chi connectivity index (χ1) is 11.8. The average Bonchev–Trinajstić information content (AvgIpc) is 2.63. The fourth-order valence-corrected chi connectivity index (χ4v) is 2.98. The lowest BCUT2D eigenvalue weighted by molar-refractivity contribution is 0.955. The summed E-state index contributed by atoms with van der Waals surface area (Å²) < 4.78 is 0. The predicted octanol–water partition coefficient (Wildman–Crippen LogP) is 3.23. The number of hydrogen-bond donors (Lipinski definition) is 1. The minimum atomic E-state index is 0.666. The van der Waals surface area contributed by atoms with Crippen LogP contribution in [0.3, 0.4) is 0 Å². The lowest BCUT2D eigenvalue weighted by atomic mass is 10.2. The molecule has 0 aliphatic heterocycles. The molecule has 3 aromatic rings. The normalized spacial score (nSPS) is 10.5. The van der Waals surface area contributed by atoms with Crippen molar-refractivity contribution in [3.8, 4) is 11.4 Å². The molecule has 0 atom stereocenters. The minimum Gasteiger partial charge on any atom is -0.354 e. The van der Waals surface area contributed by atoms with Crippen LogP contribution in [0, 0.1) is 6.92 Å². The molecule has 0 aliphatic rings. The van der Waals surface area contributed by atoms with Crippen LogP contribution in [0.5, 0.6) is 0 Å². The molecule has 0 aliphatic carbocycles. The summed E-state index contributed by atoms with van der Waals surface area (Å²) in [4.78, 5) is 21.5. The SMILES string of the molecule is Cc1cc(SCCCNc2ncccn2)nc(-c2cccnc2)n1. The summed E-state index contributed by atoms with van der Waals surface area (Å²) >= 11 is 1.73. The number of anilines is 1. The Morgan fingerprint density at radius 1 is 1.08 bits per heavy atom. The average molecular weight is 338 g/mol. The van der Waals surface area contributed by atoms with E-state index in [1.807, 2.05) is 25.1 Å². The zero-order chi connectivity index (χ0) is 16.6. The molecule has 0 spiro atoms. The van der Waals surface area contributed by atoms with Gasteiger partial charge in [-0.1, -0.05) is 0 Å². The molecule has 0 amide bonds. The van der Waals surface area contributed by atoms with E-state index in [0.29, 0.717) is 5.95 Å². The number of nitrogens with one attached hydrogen (secondary N) is 1. The van der Waals surface area contributed by atoms with Crippen LogP contribution in [-0.2, 0) is 0 Å². The molecule has 7 heteroatoms. The van der Waals surface area contributed by atoms with Crippen molar-refractivity contribution in [1.82, 2.24) is 24.9 Å². The van der Waals surface area contributed by atoms with E-state index in [1.165, 1.54) is 0 Å². The van der Waals surface area contributed by atoms with Crippen LogP contribution in [0.1, 0.15) is 12.1 Å². The van der Waals surface area contributed by atoms with E-state index in [-0.39, 0.29) is 0 Å². The largest absolute Gasteiger partial charge is 0.354 e. The zero-order valence-electron chi connectivity index (χ0n) is 13.4. The minimum absolute atomic E-state index is 0.666. The second kappa shape index (κ2) is 8.35. The van der Waals surface area contributed by atoms with Gasteiger partial charge >= 0.3 is 0 Å². The van der Waals surface area contributed by atoms with Crippen molar-refractivity contribution in [1.29, 1.82) is 0 Å². The highest BCUT2D eigenvalue weighted by Crippen LogP contribution is 2.21. The monoisotopic (exact) mass is 338 g/mol. The van der Waals surface area contributed by atoms with E-state index in [9.17, 15) is 0 Å². The maximum absolute atomic E-state index is 4.63. The number of nitrogens with zero attached hydrogens (tertiary/aromatic N) is 5. The van der Waals surface area contributed by atoms with Gasteiger partial charge in [-0.3, -0.25) is 4.98 Å². The Labute approximate surface area is 145 Å². The Morgan fingerprint density at radius 2 is 1.96 bits per heavy atom. The van der Waals surface area contributed by atoms with Crippen molar-refractivity contribution in [2.45, 2.75) is 18.4 Å². The second-order valence-corrected chi connectivity index (χ2v) is 6.23. The first-order valence-corrected chi connectivity index (χ1v) is 8.69. The highest BCUT2D eigenvalue weighted by Gasteiger charge is 2.05. The van der Waals surface area contributed by atoms with Gasteiger partial charge in [0.1, 0.15) is 5.03 Å². The number of aryl methyl sites for hydroxylation is 1. The predicted molar refractivity (Wildman–Crippen MR) is 95.9 cm³/mol. The van der Waals surface area contributed by atoms with Gasteiger partial charge in [-0.15, -0.1) is 11.8 Å². The maximum atomic E-state index is 4.63. The van der Waals surface area contributed by atoms with Gasteiger partial charge in [0.25, 0.3) is 0 Å². The summed E-state index contributed by atoms with van der Waals surface area (Å²) in [6.07, 6.45) is 7.99. The molecule has 0 saturated heterocycles. The molecule has 24 heavy (non-hydrogen) atoms. The highest BCUT2D eigenvalue weighted by atomic mass is 32.2. The molecule has 3 aromatic heterocycles. The van der Waals surface area contributed by atoms with Crippen LogP contribution < -0.4 is 5.32 Å². The van der Waals surface area contributed by atoms with Crippen LogP contribution in [0.15, 0.2) is 54.1 Å². The number of thioether (sulfide) groups is 1. The standard InChI is InChI=1S/C17H18N6S/c1-13-11-15(23-16(22-13)14-5-2-6-18-12-14)24-10-4-9-21-17-19-7-3-8-20-17/h2-3,5-8,11-12H,4,9-10H2,1H3,(H,19,20,21). The lowest BCUT2D eigenvalue weighted by Crippen LogP contribution is -2.05. The van der Waals surface area contributed by atoms with Gasteiger partial charge in [0.15, 0.2) is 5.82 Å². The third kappa shape index (κ3) is 4.73. The number of pyridine rings is 1. The molecule has 1 N–H and O–H groups in total. The van der Waals surface area contributed by atoms with Gasteiger partial charge in [0.05, 0.1) is 0 Å². The van der Waals surface area contributed by atoms with Crippen LogP contribution in [0.25, 0.3) is 11.4 Å². The molecule has 0 aromatic carbocycles. The summed E-state index contributed by atoms with van der Waals surface area (Å²) in [6.45, 7) is 2.82. The van der Waals surface area contributed by atoms with E-state index in [1.54, 1.807) is 42.6 Å². The fraction of sp³-hybridized carbons (Fsp3) is 0.235. The van der Waals surface area contributed by atoms with Crippen molar-refractivity contribution < 1.29 is 0 Å². The Bertz CT molecular complexity index is 767. The van der Waals surface area contributed by atoms with E-state index >= 15 is 0 Å². The van der Waals surface area contributed by atoms with Gasteiger partial charge in [0.2, 0.25) is 5.95 Å². The first kappa shape index (κ1) is 16.3. The van der Waals surface area contributed by atoms with Crippen LogP contribution >= 0.6 is 11.8 Å². The molecule has 0 unspecified atom stereocenters. The van der Waals surface area contributed by atoms with Crippen molar-refractivity contribution in [3.63, 3.8) is 0 Å². The van der Waals surface area contributed by atoms with Crippen molar-refractivity contribution in [2.24, 2.45) is 0 Å². The molecular weight excluding hydrogens is 320 g/mol. The molecule has 0 radical (unpaired) electrons. The number of hydrogen-bond acceptors (Lipinski definition) is 7. The molecule has 3 heterocycles. The summed E-state index contributed by atoms with van der Waals surface area (Å²) in [6, 6.07) is 7.68. The van der Waals surface area contributed by atoms with Crippen LogP contribution in [-0.4, -0.2) is 37.2 Å². The number of rotatable bonds is 7. The Balaban J connectivity index is 1.53. The molecule has 122 valence electrons. The third-order valence-corrected chi connectivity index (χ3v) is 4.17. The Kier molecular flexibility index (Phi) is 5.68. The van der Waals surface area contributed by atoms with Gasteiger partial charge in [0, 0.05) is 48.3 Å². The molecule has 3 rings (SSSR count). The molecule has 0 fully saturated rings. The number of aromatic nitrogens is 5. The van der Waals surface area contributed by atoms with Crippen molar-refractivity contribution >= 4 is 17.7 Å². The van der Waals surface area contributed by atoms with E-state index < -0.39 is 0 Å².